The van der Waals surface area contributed by atoms with Gasteiger partial charge in [-0.25, -0.2) is 0 Å². The highest BCUT2D eigenvalue weighted by atomic mass is 19.4. The van der Waals surface area contributed by atoms with Gasteiger partial charge in [0, 0.05) is 0 Å². The molecule has 156 valence electrons. The van der Waals surface area contributed by atoms with Gasteiger partial charge in [-0.1, -0.05) is 52.4 Å². The molecule has 0 heterocycles. The van der Waals surface area contributed by atoms with Crippen molar-refractivity contribution in [2.24, 2.45) is 11.8 Å². The summed E-state index contributed by atoms with van der Waals surface area (Å²) in [6.07, 6.45) is -14.5. The number of Topliss-reactive ketones (excluding diaryl/α,β-unsaturated/α-hetero) is 1. The van der Waals surface area contributed by atoms with Crippen molar-refractivity contribution in [2.45, 2.75) is 89.8 Å². The fourth-order valence-electron chi connectivity index (χ4n) is 2.87. The van der Waals surface area contributed by atoms with Gasteiger partial charge in [0.2, 0.25) is 0 Å². The van der Waals surface area contributed by atoms with Crippen molar-refractivity contribution in [1.82, 2.24) is 0 Å². The first kappa shape index (κ1) is 25.2. The van der Waals surface area contributed by atoms with Crippen LogP contribution in [-0.2, 0) is 4.79 Å². The number of alkyl halides is 6. The zero-order chi connectivity index (χ0) is 20.5. The summed E-state index contributed by atoms with van der Waals surface area (Å²) in [5.74, 6) is -5.39. The summed E-state index contributed by atoms with van der Waals surface area (Å²) in [5.41, 5.74) is 0. The molecule has 3 nitrogen and oxygen atoms in total. The van der Waals surface area contributed by atoms with Crippen molar-refractivity contribution >= 4 is 5.78 Å². The number of ketones is 1. The molecule has 0 radical (unpaired) electrons. The van der Waals surface area contributed by atoms with Crippen LogP contribution < -0.4 is 0 Å². The molecule has 0 aromatic rings. The van der Waals surface area contributed by atoms with Crippen LogP contribution in [0.4, 0.5) is 26.3 Å². The lowest BCUT2D eigenvalue weighted by Crippen LogP contribution is -2.47. The summed E-state index contributed by atoms with van der Waals surface area (Å²) >= 11 is 0. The van der Waals surface area contributed by atoms with Gasteiger partial charge in [0.1, 0.15) is 5.78 Å². The van der Waals surface area contributed by atoms with Crippen molar-refractivity contribution in [3.63, 3.8) is 0 Å². The van der Waals surface area contributed by atoms with Gasteiger partial charge in [-0.2, -0.15) is 26.3 Å². The maximum absolute atomic E-state index is 12.9. The van der Waals surface area contributed by atoms with Gasteiger partial charge in [0.05, 0.1) is 11.8 Å². The van der Waals surface area contributed by atoms with Gasteiger partial charge in [0.15, 0.2) is 12.2 Å². The molecule has 0 aliphatic rings. The fraction of sp³-hybridized carbons (Fsp3) is 0.941. The first-order valence-electron chi connectivity index (χ1n) is 8.91. The van der Waals surface area contributed by atoms with E-state index >= 15 is 0 Å². The second kappa shape index (κ2) is 11.1. The zero-order valence-electron chi connectivity index (χ0n) is 15.0. The molecule has 0 aliphatic carbocycles. The summed E-state index contributed by atoms with van der Waals surface area (Å²) in [5, 5.41) is 19.0. The molecule has 0 aliphatic heterocycles. The Hall–Kier alpha value is -0.830. The van der Waals surface area contributed by atoms with Gasteiger partial charge >= 0.3 is 12.4 Å². The van der Waals surface area contributed by atoms with Gasteiger partial charge in [-0.15, -0.1) is 0 Å². The Bertz CT molecular complexity index is 372. The molecule has 0 bridgehead atoms. The second-order valence-electron chi connectivity index (χ2n) is 6.58. The molecule has 0 amide bonds. The summed E-state index contributed by atoms with van der Waals surface area (Å²) in [6, 6.07) is 0. The maximum Gasteiger partial charge on any atom is 0.415 e. The first-order chi connectivity index (χ1) is 11.9. The first-order valence-corrected chi connectivity index (χ1v) is 8.91. The monoisotopic (exact) mass is 394 g/mol. The predicted octanol–water partition coefficient (Wildman–Crippen LogP) is 4.79. The molecule has 9 heteroatoms. The van der Waals surface area contributed by atoms with Crippen LogP contribution in [0.3, 0.4) is 0 Å². The van der Waals surface area contributed by atoms with Gasteiger partial charge in [0.25, 0.3) is 0 Å². The minimum absolute atomic E-state index is 0.170. The Morgan fingerprint density at radius 2 is 1.04 bits per heavy atom. The third-order valence-electron chi connectivity index (χ3n) is 4.40. The molecule has 0 aromatic carbocycles. The van der Waals surface area contributed by atoms with E-state index in [1.165, 1.54) is 0 Å². The maximum atomic E-state index is 12.9. The van der Waals surface area contributed by atoms with E-state index in [1.54, 1.807) is 13.8 Å². The van der Waals surface area contributed by atoms with E-state index in [-0.39, 0.29) is 25.7 Å². The lowest BCUT2D eigenvalue weighted by atomic mass is 9.80. The summed E-state index contributed by atoms with van der Waals surface area (Å²) < 4.78 is 77.3. The number of rotatable bonds is 12. The fourth-order valence-corrected chi connectivity index (χ4v) is 2.87. The van der Waals surface area contributed by atoms with Crippen LogP contribution in [0.1, 0.15) is 65.2 Å². The third-order valence-corrected chi connectivity index (χ3v) is 4.40. The Kier molecular flexibility index (Phi) is 10.8. The number of unbranched alkanes of at least 4 members (excludes halogenated alkanes) is 4. The molecule has 0 saturated carbocycles. The molecule has 0 spiro atoms. The smallest absolute Gasteiger partial charge is 0.383 e. The van der Waals surface area contributed by atoms with E-state index in [0.29, 0.717) is 25.7 Å². The Labute approximate surface area is 149 Å². The lowest BCUT2D eigenvalue weighted by Gasteiger charge is -2.30. The largest absolute Gasteiger partial charge is 0.415 e. The van der Waals surface area contributed by atoms with E-state index in [9.17, 15) is 41.4 Å². The van der Waals surface area contributed by atoms with Gasteiger partial charge in [-0.05, 0) is 12.8 Å². The van der Waals surface area contributed by atoms with Crippen LogP contribution in [-0.4, -0.2) is 40.6 Å². The van der Waals surface area contributed by atoms with Crippen molar-refractivity contribution in [3.05, 3.63) is 0 Å². The van der Waals surface area contributed by atoms with E-state index in [4.69, 9.17) is 0 Å². The second-order valence-corrected chi connectivity index (χ2v) is 6.58. The average molecular weight is 394 g/mol. The van der Waals surface area contributed by atoms with Crippen LogP contribution >= 0.6 is 0 Å². The topological polar surface area (TPSA) is 57.5 Å². The Morgan fingerprint density at radius 3 is 1.27 bits per heavy atom. The standard InChI is InChI=1S/C17H28F6O3/c1-3-5-7-9-11(14(25)16(18,19)20)13(24)12(10-8-6-4-2)15(26)17(21,22)23/h11-12,14-15,25-26H,3-10H2,1-2H3. The number of hydrogen-bond donors (Lipinski definition) is 2. The van der Waals surface area contributed by atoms with Gasteiger partial charge < -0.3 is 10.2 Å². The van der Waals surface area contributed by atoms with E-state index in [0.717, 1.165) is 0 Å². The SMILES string of the molecule is CCCCCC(C(=O)C(CCCCC)C(O)C(F)(F)F)C(O)C(F)(F)F. The number of halogens is 6. The van der Waals surface area contributed by atoms with Crippen molar-refractivity contribution in [3.8, 4) is 0 Å². The molecule has 2 N–H and O–H groups in total. The molecule has 0 fully saturated rings. The predicted molar refractivity (Wildman–Crippen MR) is 84.4 cm³/mol. The van der Waals surface area contributed by atoms with Crippen LogP contribution in [0.2, 0.25) is 0 Å². The minimum Gasteiger partial charge on any atom is -0.383 e. The number of carbonyl (C=O) groups is 1. The van der Waals surface area contributed by atoms with Crippen LogP contribution in [0.5, 0.6) is 0 Å². The van der Waals surface area contributed by atoms with E-state index in [2.05, 4.69) is 0 Å². The normalized spacial score (nSPS) is 17.6. The number of hydrogen-bond acceptors (Lipinski definition) is 3. The van der Waals surface area contributed by atoms with Crippen molar-refractivity contribution < 1.29 is 41.4 Å². The molecular formula is C17H28F6O3. The third kappa shape index (κ3) is 8.24. The van der Waals surface area contributed by atoms with Crippen molar-refractivity contribution in [2.75, 3.05) is 0 Å². The Morgan fingerprint density at radius 1 is 0.731 bits per heavy atom. The minimum atomic E-state index is -5.12. The number of carbonyl (C=O) groups excluding carboxylic acids is 1. The quantitative estimate of drug-likeness (QED) is 0.369. The van der Waals surface area contributed by atoms with Crippen LogP contribution in [0.25, 0.3) is 0 Å². The van der Waals surface area contributed by atoms with Crippen molar-refractivity contribution in [1.29, 1.82) is 0 Å². The van der Waals surface area contributed by atoms with Crippen LogP contribution in [0, 0.1) is 11.8 Å². The highest BCUT2D eigenvalue weighted by Gasteiger charge is 2.51. The highest BCUT2D eigenvalue weighted by Crippen LogP contribution is 2.36. The number of aliphatic hydroxyl groups excluding tert-OH is 2. The molecule has 26 heavy (non-hydrogen) atoms. The zero-order valence-corrected chi connectivity index (χ0v) is 15.0. The molecule has 0 rings (SSSR count). The molecule has 0 aromatic heterocycles. The molecule has 0 saturated heterocycles. The summed E-state index contributed by atoms with van der Waals surface area (Å²) in [7, 11) is 0. The molecular weight excluding hydrogens is 366 g/mol. The van der Waals surface area contributed by atoms with E-state index < -0.39 is 42.2 Å². The van der Waals surface area contributed by atoms with E-state index in [1.807, 2.05) is 0 Å². The number of aliphatic hydroxyl groups is 2. The summed E-state index contributed by atoms with van der Waals surface area (Å²) in [6.45, 7) is 3.55. The van der Waals surface area contributed by atoms with Gasteiger partial charge in [-0.3, -0.25) is 4.79 Å². The lowest BCUT2D eigenvalue weighted by molar-refractivity contribution is -0.231. The molecule has 4 unspecified atom stereocenters. The highest BCUT2D eigenvalue weighted by molar-refractivity contribution is 5.84. The van der Waals surface area contributed by atoms with Crippen LogP contribution in [0.15, 0.2) is 0 Å². The Balaban J connectivity index is 5.54. The average Bonchev–Trinajstić information content (AvgIpc) is 2.52. The summed E-state index contributed by atoms with van der Waals surface area (Å²) in [4.78, 5) is 12.5. The molecule has 4 atom stereocenters.